The third kappa shape index (κ3) is 5.12. The fraction of sp³-hybridized carbons (Fsp3) is 0.360. The lowest BCUT2D eigenvalue weighted by molar-refractivity contribution is -0.192. The van der Waals surface area contributed by atoms with E-state index in [0.29, 0.717) is 6.54 Å². The second-order valence-corrected chi connectivity index (χ2v) is 8.75. The van der Waals surface area contributed by atoms with E-state index in [1.165, 1.54) is 22.2 Å². The molecule has 0 unspecified atom stereocenters. The van der Waals surface area contributed by atoms with Gasteiger partial charge in [-0.2, -0.15) is 13.2 Å². The van der Waals surface area contributed by atoms with Crippen LogP contribution in [0.3, 0.4) is 0 Å². The van der Waals surface area contributed by atoms with Crippen LogP contribution in [0.15, 0.2) is 48.5 Å². The van der Waals surface area contributed by atoms with E-state index in [0.717, 1.165) is 43.7 Å². The average molecular weight is 489 g/mol. The molecule has 0 saturated carbocycles. The smallest absolute Gasteiger partial charge is 0.490 e. The third-order valence-corrected chi connectivity index (χ3v) is 6.64. The molecule has 0 atom stereocenters. The number of amides is 1. The van der Waals surface area contributed by atoms with Gasteiger partial charge in [-0.3, -0.25) is 9.69 Å². The summed E-state index contributed by atoms with van der Waals surface area (Å²) in [6.45, 7) is 3.36. The van der Waals surface area contributed by atoms with Crippen LogP contribution in [0, 0.1) is 0 Å². The topological polar surface area (TPSA) is 94.7 Å². The monoisotopic (exact) mass is 489 g/mol. The molecule has 1 fully saturated rings. The molecule has 1 aromatic heterocycles. The maximum Gasteiger partial charge on any atom is 0.490 e. The molecule has 2 aromatic carbocycles. The molecular weight excluding hydrogens is 463 g/mol. The Bertz CT molecular complexity index is 1230. The number of halogens is 3. The van der Waals surface area contributed by atoms with Gasteiger partial charge in [0.2, 0.25) is 5.91 Å². The number of ether oxygens (including phenoxy) is 1. The van der Waals surface area contributed by atoms with Crippen molar-refractivity contribution >= 4 is 22.8 Å². The van der Waals surface area contributed by atoms with Crippen molar-refractivity contribution in [3.63, 3.8) is 0 Å². The normalized spacial score (nSPS) is 17.3. The van der Waals surface area contributed by atoms with Crippen molar-refractivity contribution in [1.82, 2.24) is 15.2 Å². The molecular formula is C25H26F3N3O4. The Kier molecular flexibility index (Phi) is 6.75. The summed E-state index contributed by atoms with van der Waals surface area (Å²) in [6, 6.07) is 16.7. The number of carboxylic acid groups (broad SMARTS) is 1. The lowest BCUT2D eigenvalue weighted by atomic mass is 9.68. The molecule has 3 heterocycles. The number of aromatic nitrogens is 1. The van der Waals surface area contributed by atoms with Crippen LogP contribution >= 0.6 is 0 Å². The summed E-state index contributed by atoms with van der Waals surface area (Å²) >= 11 is 0. The first-order valence-electron chi connectivity index (χ1n) is 11.2. The number of aromatic amines is 1. The predicted molar refractivity (Wildman–Crippen MR) is 123 cm³/mol. The van der Waals surface area contributed by atoms with Gasteiger partial charge in [-0.1, -0.05) is 24.3 Å². The number of hydrogen-bond acceptors (Lipinski definition) is 4. The zero-order valence-corrected chi connectivity index (χ0v) is 19.1. The van der Waals surface area contributed by atoms with Crippen molar-refractivity contribution in [2.45, 2.75) is 37.5 Å². The summed E-state index contributed by atoms with van der Waals surface area (Å²) in [7, 11) is 1.69. The molecule has 3 aromatic rings. The van der Waals surface area contributed by atoms with Crippen LogP contribution in [0.25, 0.3) is 10.9 Å². The van der Waals surface area contributed by atoms with Crippen molar-refractivity contribution in [3.8, 4) is 5.75 Å². The maximum atomic E-state index is 12.8. The highest BCUT2D eigenvalue weighted by molar-refractivity contribution is 5.90. The second kappa shape index (κ2) is 9.61. The van der Waals surface area contributed by atoms with Gasteiger partial charge in [0.1, 0.15) is 5.75 Å². The van der Waals surface area contributed by atoms with Crippen molar-refractivity contribution in [3.05, 3.63) is 65.4 Å². The summed E-state index contributed by atoms with van der Waals surface area (Å²) in [5, 5.41) is 11.4. The number of nitrogens with one attached hydrogen (secondary N) is 2. The summed E-state index contributed by atoms with van der Waals surface area (Å²) < 4.78 is 37.1. The molecule has 5 rings (SSSR count). The molecule has 0 aliphatic carbocycles. The van der Waals surface area contributed by atoms with Gasteiger partial charge in [-0.15, -0.1) is 0 Å². The Morgan fingerprint density at radius 2 is 1.83 bits per heavy atom. The van der Waals surface area contributed by atoms with Crippen LogP contribution in [0.2, 0.25) is 0 Å². The summed E-state index contributed by atoms with van der Waals surface area (Å²) in [6.07, 6.45) is -3.35. The van der Waals surface area contributed by atoms with Crippen LogP contribution < -0.4 is 10.1 Å². The number of hydrogen-bond donors (Lipinski definition) is 3. The van der Waals surface area contributed by atoms with E-state index in [9.17, 15) is 18.0 Å². The Balaban J connectivity index is 0.000000364. The maximum absolute atomic E-state index is 12.8. The van der Waals surface area contributed by atoms with Crippen LogP contribution in [-0.2, 0) is 28.1 Å². The van der Waals surface area contributed by atoms with E-state index in [2.05, 4.69) is 57.7 Å². The number of alkyl halides is 3. The number of rotatable bonds is 3. The summed E-state index contributed by atoms with van der Waals surface area (Å²) in [5.41, 5.74) is 4.47. The number of piperidine rings is 1. The van der Waals surface area contributed by atoms with Crippen LogP contribution in [0.4, 0.5) is 13.2 Å². The molecule has 1 saturated heterocycles. The summed E-state index contributed by atoms with van der Waals surface area (Å²) in [4.78, 5) is 27.7. The van der Waals surface area contributed by atoms with E-state index in [-0.39, 0.29) is 11.3 Å². The highest BCUT2D eigenvalue weighted by Crippen LogP contribution is 2.40. The Morgan fingerprint density at radius 1 is 1.14 bits per heavy atom. The van der Waals surface area contributed by atoms with Crippen LogP contribution in [0.1, 0.15) is 29.7 Å². The fourth-order valence-corrected chi connectivity index (χ4v) is 4.82. The first kappa shape index (κ1) is 24.6. The SMILES string of the molecule is COc1ccc2[nH]c(CN3CCC4(CC3)C(=O)NCc3ccccc34)cc2c1.O=C(O)C(F)(F)F. The van der Waals surface area contributed by atoms with Crippen molar-refractivity contribution in [1.29, 1.82) is 0 Å². The highest BCUT2D eigenvalue weighted by Gasteiger charge is 2.45. The number of benzene rings is 2. The van der Waals surface area contributed by atoms with Crippen LogP contribution in [-0.4, -0.2) is 53.2 Å². The minimum atomic E-state index is -5.08. The van der Waals surface area contributed by atoms with Gasteiger partial charge in [0.05, 0.1) is 12.5 Å². The number of carboxylic acids is 1. The van der Waals surface area contributed by atoms with E-state index in [4.69, 9.17) is 14.6 Å². The van der Waals surface area contributed by atoms with Gasteiger partial charge in [-0.25, -0.2) is 4.79 Å². The minimum Gasteiger partial charge on any atom is -0.497 e. The number of H-pyrrole nitrogens is 1. The molecule has 186 valence electrons. The van der Waals surface area contributed by atoms with Gasteiger partial charge in [0.15, 0.2) is 0 Å². The van der Waals surface area contributed by atoms with Gasteiger partial charge < -0.3 is 20.1 Å². The van der Waals surface area contributed by atoms with Crippen molar-refractivity contribution < 1.29 is 32.6 Å². The van der Waals surface area contributed by atoms with Gasteiger partial charge in [-0.05, 0) is 61.3 Å². The van der Waals surface area contributed by atoms with Gasteiger partial charge in [0.25, 0.3) is 0 Å². The third-order valence-electron chi connectivity index (χ3n) is 6.64. The number of methoxy groups -OCH3 is 1. The lowest BCUT2D eigenvalue weighted by Gasteiger charge is -2.44. The lowest BCUT2D eigenvalue weighted by Crippen LogP contribution is -2.54. The number of fused-ring (bicyclic) bond motifs is 3. The highest BCUT2D eigenvalue weighted by atomic mass is 19.4. The first-order valence-corrected chi connectivity index (χ1v) is 11.2. The fourth-order valence-electron chi connectivity index (χ4n) is 4.82. The largest absolute Gasteiger partial charge is 0.497 e. The van der Waals surface area contributed by atoms with Crippen molar-refractivity contribution in [2.24, 2.45) is 0 Å². The number of carbonyl (C=O) groups is 2. The second-order valence-electron chi connectivity index (χ2n) is 8.75. The Morgan fingerprint density at radius 3 is 2.49 bits per heavy atom. The number of likely N-dealkylation sites (tertiary alicyclic amines) is 1. The molecule has 2 aliphatic rings. The van der Waals surface area contributed by atoms with E-state index >= 15 is 0 Å². The molecule has 0 bridgehead atoms. The molecule has 35 heavy (non-hydrogen) atoms. The van der Waals surface area contributed by atoms with Gasteiger partial charge >= 0.3 is 12.1 Å². The molecule has 7 nitrogen and oxygen atoms in total. The van der Waals surface area contributed by atoms with E-state index in [1.807, 2.05) is 6.07 Å². The molecule has 1 spiro atoms. The zero-order chi connectivity index (χ0) is 25.2. The molecule has 1 amide bonds. The van der Waals surface area contributed by atoms with Gasteiger partial charge in [0, 0.05) is 29.7 Å². The standard InChI is InChI=1S/C23H25N3O2.C2HF3O2/c1-28-19-6-7-21-17(13-19)12-18(25-21)15-26-10-8-23(9-11-26)20-5-3-2-4-16(20)14-24-22(23)27;3-2(4,5)1(6)7/h2-7,12-13,25H,8-11,14-15H2,1H3,(H,24,27);(H,6,7). The first-order chi connectivity index (χ1) is 16.6. The van der Waals surface area contributed by atoms with E-state index in [1.54, 1.807) is 7.11 Å². The molecule has 10 heteroatoms. The molecule has 3 N–H and O–H groups in total. The summed E-state index contributed by atoms with van der Waals surface area (Å²) in [5.74, 6) is -1.68. The zero-order valence-electron chi connectivity index (χ0n) is 19.1. The number of aliphatic carboxylic acids is 1. The predicted octanol–water partition coefficient (Wildman–Crippen LogP) is 3.97. The molecule has 0 radical (unpaired) electrons. The van der Waals surface area contributed by atoms with Crippen LogP contribution in [0.5, 0.6) is 5.75 Å². The Labute approximate surface area is 199 Å². The van der Waals surface area contributed by atoms with Crippen molar-refractivity contribution in [2.75, 3.05) is 20.2 Å². The molecule has 2 aliphatic heterocycles. The van der Waals surface area contributed by atoms with E-state index < -0.39 is 12.1 Å². The number of nitrogens with zero attached hydrogens (tertiary/aromatic N) is 1. The number of carbonyl (C=O) groups excluding carboxylic acids is 1. The Hall–Kier alpha value is -3.53. The average Bonchev–Trinajstić information content (AvgIpc) is 3.24. The minimum absolute atomic E-state index is 0.198. The quantitative estimate of drug-likeness (QED) is 0.518.